The monoisotopic (exact) mass is 508 g/mol. The van der Waals surface area contributed by atoms with Crippen molar-refractivity contribution in [2.45, 2.75) is 26.7 Å². The van der Waals surface area contributed by atoms with Gasteiger partial charge >= 0.3 is 11.9 Å². The van der Waals surface area contributed by atoms with Gasteiger partial charge in [-0.25, -0.2) is 14.6 Å². The zero-order chi connectivity index (χ0) is 25.3. The molecular formula is C27H25ClN2O4S. The predicted octanol–water partition coefficient (Wildman–Crippen LogP) is 6.02. The molecule has 0 unspecified atom stereocenters. The highest BCUT2D eigenvalue weighted by atomic mass is 35.5. The maximum Gasteiger partial charge on any atom is 0.336 e. The van der Waals surface area contributed by atoms with Gasteiger partial charge in [-0.2, -0.15) is 0 Å². The average molecular weight is 509 g/mol. The maximum absolute atomic E-state index is 12.8. The van der Waals surface area contributed by atoms with Crippen molar-refractivity contribution in [3.63, 3.8) is 0 Å². The molecule has 0 atom stereocenters. The number of rotatable bonds is 5. The summed E-state index contributed by atoms with van der Waals surface area (Å²) < 4.78 is 10.1. The van der Waals surface area contributed by atoms with E-state index < -0.39 is 17.9 Å². The molecule has 0 spiro atoms. The van der Waals surface area contributed by atoms with E-state index in [1.807, 2.05) is 55.5 Å². The van der Waals surface area contributed by atoms with E-state index in [2.05, 4.69) is 5.32 Å². The molecule has 1 aliphatic rings. The number of halogens is 1. The number of esters is 2. The second kappa shape index (κ2) is 10.1. The maximum atomic E-state index is 12.8. The highest BCUT2D eigenvalue weighted by Gasteiger charge is 2.37. The van der Waals surface area contributed by atoms with Gasteiger partial charge in [0.1, 0.15) is 5.01 Å². The summed E-state index contributed by atoms with van der Waals surface area (Å²) in [5.41, 5.74) is 5.54. The molecule has 1 aromatic heterocycles. The normalized spacial score (nSPS) is 14.1. The molecule has 0 fully saturated rings. The number of aryl methyl sites for hydroxylation is 1. The molecule has 8 heteroatoms. The summed E-state index contributed by atoms with van der Waals surface area (Å²) in [6.07, 6.45) is 0. The van der Waals surface area contributed by atoms with E-state index in [0.717, 1.165) is 32.3 Å². The van der Waals surface area contributed by atoms with Gasteiger partial charge in [0, 0.05) is 32.4 Å². The Bertz CT molecular complexity index is 1330. The summed E-state index contributed by atoms with van der Waals surface area (Å²) in [7, 11) is 2.66. The number of nitrogens with zero attached hydrogens (tertiary/aromatic N) is 1. The van der Waals surface area contributed by atoms with Crippen LogP contribution in [0.25, 0.3) is 21.8 Å². The van der Waals surface area contributed by atoms with Crippen LogP contribution in [0.4, 0.5) is 0 Å². The highest BCUT2D eigenvalue weighted by molar-refractivity contribution is 7.15. The largest absolute Gasteiger partial charge is 0.466 e. The molecule has 0 radical (unpaired) electrons. The first-order valence-corrected chi connectivity index (χ1v) is 12.1. The number of carbonyl (C=O) groups is 2. The summed E-state index contributed by atoms with van der Waals surface area (Å²) in [5.74, 6) is -1.66. The molecule has 4 rings (SSSR count). The molecule has 1 N–H and O–H groups in total. The number of benzene rings is 2. The van der Waals surface area contributed by atoms with Gasteiger partial charge in [-0.3, -0.25) is 0 Å². The number of methoxy groups -OCH3 is 2. The van der Waals surface area contributed by atoms with Gasteiger partial charge in [0.05, 0.1) is 37.0 Å². The fourth-order valence-electron chi connectivity index (χ4n) is 4.34. The van der Waals surface area contributed by atoms with Crippen LogP contribution >= 0.6 is 22.9 Å². The number of ether oxygens (including phenoxy) is 2. The summed E-state index contributed by atoms with van der Waals surface area (Å²) in [5, 5.41) is 4.64. The van der Waals surface area contributed by atoms with Crippen molar-refractivity contribution in [3.8, 4) is 21.8 Å². The van der Waals surface area contributed by atoms with Crippen LogP contribution in [0.15, 0.2) is 71.1 Å². The van der Waals surface area contributed by atoms with Crippen LogP contribution in [-0.4, -0.2) is 31.1 Å². The molecule has 0 saturated heterocycles. The van der Waals surface area contributed by atoms with Crippen LogP contribution in [0.5, 0.6) is 0 Å². The van der Waals surface area contributed by atoms with Crippen molar-refractivity contribution < 1.29 is 19.1 Å². The van der Waals surface area contributed by atoms with Gasteiger partial charge in [-0.1, -0.05) is 41.9 Å². The Kier molecular flexibility index (Phi) is 7.10. The van der Waals surface area contributed by atoms with E-state index in [9.17, 15) is 9.59 Å². The standard InChI is InChI=1S/C27H25ClN2O4S/c1-14-21(26(31)33-4)23(22(15(2)29-14)27(32)34-5)18-7-6-8-19(13-18)25-30-24(16(3)35-25)17-9-11-20(28)12-10-17/h6-13,23,29H,1-5H3. The summed E-state index contributed by atoms with van der Waals surface area (Å²) in [4.78, 5) is 31.6. The predicted molar refractivity (Wildman–Crippen MR) is 138 cm³/mol. The third kappa shape index (κ3) is 4.74. The molecule has 0 amide bonds. The Morgan fingerprint density at radius 3 is 2.09 bits per heavy atom. The van der Waals surface area contributed by atoms with Gasteiger partial charge in [-0.15, -0.1) is 11.3 Å². The van der Waals surface area contributed by atoms with Crippen molar-refractivity contribution in [3.05, 3.63) is 86.5 Å². The van der Waals surface area contributed by atoms with E-state index in [1.54, 1.807) is 25.2 Å². The molecule has 6 nitrogen and oxygen atoms in total. The van der Waals surface area contributed by atoms with Gasteiger partial charge in [0.2, 0.25) is 0 Å². The van der Waals surface area contributed by atoms with Gasteiger partial charge in [-0.05, 0) is 44.5 Å². The zero-order valence-corrected chi connectivity index (χ0v) is 21.6. The Morgan fingerprint density at radius 2 is 1.51 bits per heavy atom. The Balaban J connectivity index is 1.82. The van der Waals surface area contributed by atoms with Crippen LogP contribution in [0, 0.1) is 6.92 Å². The van der Waals surface area contributed by atoms with Gasteiger partial charge < -0.3 is 14.8 Å². The van der Waals surface area contributed by atoms with Crippen molar-refractivity contribution in [1.82, 2.24) is 10.3 Å². The first-order valence-electron chi connectivity index (χ1n) is 10.9. The molecule has 0 bridgehead atoms. The first kappa shape index (κ1) is 24.7. The van der Waals surface area contributed by atoms with Crippen molar-refractivity contribution in [1.29, 1.82) is 0 Å². The quantitative estimate of drug-likeness (QED) is 0.425. The van der Waals surface area contributed by atoms with E-state index >= 15 is 0 Å². The van der Waals surface area contributed by atoms with E-state index in [0.29, 0.717) is 27.6 Å². The molecule has 2 heterocycles. The Hall–Kier alpha value is -3.42. The number of aromatic nitrogens is 1. The zero-order valence-electron chi connectivity index (χ0n) is 20.1. The molecule has 3 aromatic rings. The Labute approximate surface area is 213 Å². The molecule has 0 aliphatic carbocycles. The number of thiazole rings is 1. The summed E-state index contributed by atoms with van der Waals surface area (Å²) >= 11 is 7.63. The molecule has 2 aromatic carbocycles. The van der Waals surface area contributed by atoms with Crippen LogP contribution in [0.1, 0.15) is 30.2 Å². The molecule has 35 heavy (non-hydrogen) atoms. The van der Waals surface area contributed by atoms with Crippen LogP contribution in [0.2, 0.25) is 5.02 Å². The molecule has 1 aliphatic heterocycles. The summed E-state index contributed by atoms with van der Waals surface area (Å²) in [6, 6.07) is 15.3. The molecule has 180 valence electrons. The minimum atomic E-state index is -0.645. The molecular weight excluding hydrogens is 484 g/mol. The summed E-state index contributed by atoms with van der Waals surface area (Å²) in [6.45, 7) is 5.62. The number of nitrogens with one attached hydrogen (secondary N) is 1. The first-order chi connectivity index (χ1) is 16.7. The second-order valence-electron chi connectivity index (χ2n) is 8.17. The van der Waals surface area contributed by atoms with Crippen molar-refractivity contribution >= 4 is 34.9 Å². The lowest BCUT2D eigenvalue weighted by Crippen LogP contribution is -2.32. The fourth-order valence-corrected chi connectivity index (χ4v) is 5.39. The van der Waals surface area contributed by atoms with Crippen molar-refractivity contribution in [2.75, 3.05) is 14.2 Å². The fraction of sp³-hybridized carbons (Fsp3) is 0.222. The van der Waals surface area contributed by atoms with E-state index in [1.165, 1.54) is 14.2 Å². The number of dihydropyridines is 1. The topological polar surface area (TPSA) is 77.5 Å². The van der Waals surface area contributed by atoms with Crippen LogP contribution in [0.3, 0.4) is 0 Å². The lowest BCUT2D eigenvalue weighted by atomic mass is 9.80. The highest BCUT2D eigenvalue weighted by Crippen LogP contribution is 2.41. The Morgan fingerprint density at radius 1 is 0.914 bits per heavy atom. The van der Waals surface area contributed by atoms with Crippen LogP contribution < -0.4 is 5.32 Å². The van der Waals surface area contributed by atoms with Gasteiger partial charge in [0.25, 0.3) is 0 Å². The lowest BCUT2D eigenvalue weighted by molar-refractivity contribution is -0.137. The number of hydrogen-bond acceptors (Lipinski definition) is 7. The number of hydrogen-bond donors (Lipinski definition) is 1. The minimum absolute atomic E-state index is 0.368. The SMILES string of the molecule is COC(=O)C1=C(C)NC(C)=C(C(=O)OC)C1c1cccc(-c2nc(-c3ccc(Cl)cc3)c(C)s2)c1. The third-order valence-electron chi connectivity index (χ3n) is 5.95. The van der Waals surface area contributed by atoms with Crippen LogP contribution in [-0.2, 0) is 19.1 Å². The lowest BCUT2D eigenvalue weighted by Gasteiger charge is -2.30. The van der Waals surface area contributed by atoms with Gasteiger partial charge in [0.15, 0.2) is 0 Å². The van der Waals surface area contributed by atoms with E-state index in [-0.39, 0.29) is 0 Å². The molecule has 0 saturated carbocycles. The number of allylic oxidation sites excluding steroid dienone is 2. The minimum Gasteiger partial charge on any atom is -0.466 e. The third-order valence-corrected chi connectivity index (χ3v) is 7.22. The van der Waals surface area contributed by atoms with E-state index in [4.69, 9.17) is 26.1 Å². The van der Waals surface area contributed by atoms with Crippen molar-refractivity contribution in [2.24, 2.45) is 0 Å². The second-order valence-corrected chi connectivity index (χ2v) is 9.81. The smallest absolute Gasteiger partial charge is 0.336 e. The average Bonchev–Trinajstić information content (AvgIpc) is 3.24. The number of carbonyl (C=O) groups excluding carboxylic acids is 2.